The molecule has 0 bridgehead atoms. The van der Waals surface area contributed by atoms with Gasteiger partial charge in [-0.1, -0.05) is 43.6 Å². The Bertz CT molecular complexity index is 915. The zero-order chi connectivity index (χ0) is 20.4. The summed E-state index contributed by atoms with van der Waals surface area (Å²) in [6.07, 6.45) is 7.07. The SMILES string of the molecule is CCCCc1ccc2nc(NC(=O)CCN3C(=O)[C@H]4CCCC[C@@H]4C3=O)sc2c1. The van der Waals surface area contributed by atoms with E-state index in [0.717, 1.165) is 55.2 Å². The smallest absolute Gasteiger partial charge is 0.233 e. The van der Waals surface area contributed by atoms with Gasteiger partial charge < -0.3 is 5.32 Å². The maximum Gasteiger partial charge on any atom is 0.233 e. The van der Waals surface area contributed by atoms with Gasteiger partial charge in [-0.25, -0.2) is 4.98 Å². The summed E-state index contributed by atoms with van der Waals surface area (Å²) in [5, 5.41) is 3.39. The molecule has 4 rings (SSSR count). The number of benzene rings is 1. The molecule has 2 aliphatic rings. The molecule has 1 aromatic heterocycles. The number of rotatable bonds is 7. The molecule has 1 aromatic carbocycles. The highest BCUT2D eigenvalue weighted by molar-refractivity contribution is 7.22. The van der Waals surface area contributed by atoms with Gasteiger partial charge in [-0.05, 0) is 43.4 Å². The topological polar surface area (TPSA) is 79.4 Å². The van der Waals surface area contributed by atoms with Gasteiger partial charge >= 0.3 is 0 Å². The Morgan fingerprint density at radius 1 is 1.21 bits per heavy atom. The number of nitrogens with zero attached hydrogens (tertiary/aromatic N) is 2. The molecule has 1 N–H and O–H groups in total. The van der Waals surface area contributed by atoms with Crippen LogP contribution in [0.15, 0.2) is 18.2 Å². The molecule has 2 aromatic rings. The third-order valence-electron chi connectivity index (χ3n) is 6.01. The molecule has 0 radical (unpaired) electrons. The molecule has 6 nitrogen and oxygen atoms in total. The van der Waals surface area contributed by atoms with E-state index < -0.39 is 0 Å². The number of aryl methyl sites for hydroxylation is 1. The first-order valence-corrected chi connectivity index (χ1v) is 11.4. The van der Waals surface area contributed by atoms with Crippen LogP contribution >= 0.6 is 11.3 Å². The fourth-order valence-electron chi connectivity index (χ4n) is 4.41. The minimum atomic E-state index is -0.217. The third-order valence-corrected chi connectivity index (χ3v) is 6.95. The van der Waals surface area contributed by atoms with Crippen LogP contribution in [0.4, 0.5) is 5.13 Å². The predicted octanol–water partition coefficient (Wildman–Crippen LogP) is 4.14. The van der Waals surface area contributed by atoms with Gasteiger partial charge in [-0.2, -0.15) is 0 Å². The Balaban J connectivity index is 1.35. The summed E-state index contributed by atoms with van der Waals surface area (Å²) in [5.74, 6) is -0.721. The summed E-state index contributed by atoms with van der Waals surface area (Å²) in [4.78, 5) is 43.2. The number of anilines is 1. The fourth-order valence-corrected chi connectivity index (χ4v) is 5.35. The minimum absolute atomic E-state index is 0.0907. The van der Waals surface area contributed by atoms with Crippen molar-refractivity contribution in [2.75, 3.05) is 11.9 Å². The maximum absolute atomic E-state index is 12.5. The van der Waals surface area contributed by atoms with E-state index in [9.17, 15) is 14.4 Å². The summed E-state index contributed by atoms with van der Waals surface area (Å²) in [6, 6.07) is 6.23. The Labute approximate surface area is 174 Å². The van der Waals surface area contributed by atoms with Crippen molar-refractivity contribution in [1.82, 2.24) is 9.88 Å². The van der Waals surface area contributed by atoms with Gasteiger partial charge in [-0.3, -0.25) is 19.3 Å². The first-order valence-electron chi connectivity index (χ1n) is 10.6. The molecule has 0 spiro atoms. The first kappa shape index (κ1) is 20.0. The van der Waals surface area contributed by atoms with E-state index in [-0.39, 0.29) is 42.5 Å². The molecule has 1 saturated heterocycles. The molecule has 7 heteroatoms. The van der Waals surface area contributed by atoms with E-state index in [2.05, 4.69) is 29.4 Å². The van der Waals surface area contributed by atoms with Crippen LogP contribution < -0.4 is 5.32 Å². The second-order valence-corrected chi connectivity index (χ2v) is 9.08. The van der Waals surface area contributed by atoms with Crippen LogP contribution in [0.5, 0.6) is 0 Å². The summed E-state index contributed by atoms with van der Waals surface area (Å²) in [5.41, 5.74) is 2.16. The number of likely N-dealkylation sites (tertiary alicyclic amines) is 1. The van der Waals surface area contributed by atoms with Crippen molar-refractivity contribution in [3.8, 4) is 0 Å². The van der Waals surface area contributed by atoms with Gasteiger partial charge in [0, 0.05) is 13.0 Å². The molecule has 2 atom stereocenters. The zero-order valence-corrected chi connectivity index (χ0v) is 17.6. The van der Waals surface area contributed by atoms with Crippen molar-refractivity contribution < 1.29 is 14.4 Å². The average Bonchev–Trinajstić information content (AvgIpc) is 3.23. The van der Waals surface area contributed by atoms with Gasteiger partial charge in [0.1, 0.15) is 0 Å². The lowest BCUT2D eigenvalue weighted by Gasteiger charge is -2.19. The number of carbonyl (C=O) groups is 3. The lowest BCUT2D eigenvalue weighted by Crippen LogP contribution is -2.34. The van der Waals surface area contributed by atoms with Crippen LogP contribution in [0.3, 0.4) is 0 Å². The number of hydrogen-bond acceptors (Lipinski definition) is 5. The molecule has 3 amide bonds. The Hall–Kier alpha value is -2.28. The van der Waals surface area contributed by atoms with Crippen molar-refractivity contribution in [2.24, 2.45) is 11.8 Å². The van der Waals surface area contributed by atoms with Gasteiger partial charge in [0.25, 0.3) is 0 Å². The second kappa shape index (κ2) is 8.61. The molecular weight excluding hydrogens is 386 g/mol. The number of thiazole rings is 1. The van der Waals surface area contributed by atoms with E-state index in [1.165, 1.54) is 21.8 Å². The Morgan fingerprint density at radius 2 is 1.93 bits per heavy atom. The van der Waals surface area contributed by atoms with Crippen LogP contribution in [0.2, 0.25) is 0 Å². The van der Waals surface area contributed by atoms with Gasteiger partial charge in [0.05, 0.1) is 22.1 Å². The summed E-state index contributed by atoms with van der Waals surface area (Å²) in [7, 11) is 0. The van der Waals surface area contributed by atoms with Crippen molar-refractivity contribution in [1.29, 1.82) is 0 Å². The number of nitrogens with one attached hydrogen (secondary N) is 1. The predicted molar refractivity (Wildman–Crippen MR) is 114 cm³/mol. The van der Waals surface area contributed by atoms with E-state index in [1.807, 2.05) is 6.07 Å². The molecule has 2 heterocycles. The maximum atomic E-state index is 12.5. The average molecular weight is 414 g/mol. The normalized spacial score (nSPS) is 21.6. The van der Waals surface area contributed by atoms with Gasteiger partial charge in [-0.15, -0.1) is 0 Å². The van der Waals surface area contributed by atoms with E-state index in [4.69, 9.17) is 0 Å². The quantitative estimate of drug-likeness (QED) is 0.692. The summed E-state index contributed by atoms with van der Waals surface area (Å²) >= 11 is 1.46. The lowest BCUT2D eigenvalue weighted by molar-refractivity contribution is -0.140. The number of hydrogen-bond donors (Lipinski definition) is 1. The van der Waals surface area contributed by atoms with Crippen LogP contribution in [0, 0.1) is 11.8 Å². The van der Waals surface area contributed by atoms with Gasteiger partial charge in [0.2, 0.25) is 17.7 Å². The largest absolute Gasteiger partial charge is 0.302 e. The molecule has 29 heavy (non-hydrogen) atoms. The van der Waals surface area contributed by atoms with Crippen LogP contribution in [-0.2, 0) is 20.8 Å². The number of carbonyl (C=O) groups excluding carboxylic acids is 3. The number of amides is 3. The van der Waals surface area contributed by atoms with Crippen molar-refractivity contribution >= 4 is 44.4 Å². The molecule has 154 valence electrons. The third kappa shape index (κ3) is 4.20. The number of aromatic nitrogens is 1. The number of unbranched alkanes of at least 4 members (excludes halogenated alkanes) is 1. The lowest BCUT2D eigenvalue weighted by atomic mass is 9.81. The van der Waals surface area contributed by atoms with Crippen molar-refractivity contribution in [3.63, 3.8) is 0 Å². The van der Waals surface area contributed by atoms with Gasteiger partial charge in [0.15, 0.2) is 5.13 Å². The highest BCUT2D eigenvalue weighted by Gasteiger charge is 2.47. The highest BCUT2D eigenvalue weighted by atomic mass is 32.1. The molecule has 1 aliphatic heterocycles. The molecular formula is C22H27N3O3S. The monoisotopic (exact) mass is 413 g/mol. The Kier molecular flexibility index (Phi) is 5.94. The zero-order valence-electron chi connectivity index (χ0n) is 16.8. The van der Waals surface area contributed by atoms with E-state index in [0.29, 0.717) is 5.13 Å². The number of imide groups is 1. The molecule has 1 saturated carbocycles. The van der Waals surface area contributed by atoms with Crippen LogP contribution in [-0.4, -0.2) is 34.2 Å². The molecule has 0 unspecified atom stereocenters. The standard InChI is InChI=1S/C22H27N3O3S/c1-2-3-6-14-9-10-17-18(13-14)29-22(23-17)24-19(26)11-12-25-20(27)15-7-4-5-8-16(15)21(25)28/h9-10,13,15-16H,2-8,11-12H2,1H3,(H,23,24,26)/t15-,16-/m0/s1. The van der Waals surface area contributed by atoms with Crippen molar-refractivity contribution in [3.05, 3.63) is 23.8 Å². The molecule has 2 fully saturated rings. The first-order chi connectivity index (χ1) is 14.1. The minimum Gasteiger partial charge on any atom is -0.302 e. The van der Waals surface area contributed by atoms with E-state index in [1.54, 1.807) is 0 Å². The molecule has 1 aliphatic carbocycles. The fraction of sp³-hybridized carbons (Fsp3) is 0.545. The highest BCUT2D eigenvalue weighted by Crippen LogP contribution is 2.38. The van der Waals surface area contributed by atoms with Crippen molar-refractivity contribution in [2.45, 2.75) is 58.3 Å². The second-order valence-electron chi connectivity index (χ2n) is 8.05. The Morgan fingerprint density at radius 3 is 2.62 bits per heavy atom. The van der Waals surface area contributed by atoms with Crippen LogP contribution in [0.1, 0.15) is 57.4 Å². The summed E-state index contributed by atoms with van der Waals surface area (Å²) in [6.45, 7) is 2.33. The van der Waals surface area contributed by atoms with E-state index >= 15 is 0 Å². The summed E-state index contributed by atoms with van der Waals surface area (Å²) < 4.78 is 1.06. The van der Waals surface area contributed by atoms with Crippen LogP contribution in [0.25, 0.3) is 10.2 Å². The number of fused-ring (bicyclic) bond motifs is 2.